The summed E-state index contributed by atoms with van der Waals surface area (Å²) in [4.78, 5) is 0. The summed E-state index contributed by atoms with van der Waals surface area (Å²) < 4.78 is 0. The van der Waals surface area contributed by atoms with Crippen LogP contribution in [0.3, 0.4) is 0 Å². The van der Waals surface area contributed by atoms with Crippen molar-refractivity contribution in [1.82, 2.24) is 0 Å². The van der Waals surface area contributed by atoms with E-state index in [1.165, 1.54) is 0 Å². The summed E-state index contributed by atoms with van der Waals surface area (Å²) in [6.45, 7) is -0.390. The van der Waals surface area contributed by atoms with Crippen LogP contribution >= 0.6 is 25.3 Å². The molecule has 3 atom stereocenters. The molecular formula is C5H12O3S2. The molecule has 0 fully saturated rings. The Balaban J connectivity index is 3.69. The lowest BCUT2D eigenvalue weighted by Crippen LogP contribution is -2.36. The Morgan fingerprint density at radius 2 is 1.70 bits per heavy atom. The second kappa shape index (κ2) is 5.26. The second-order valence-corrected chi connectivity index (χ2v) is 2.95. The van der Waals surface area contributed by atoms with E-state index >= 15 is 0 Å². The number of thiol groups is 2. The van der Waals surface area contributed by atoms with Crippen LogP contribution in [0.5, 0.6) is 0 Å². The molecule has 0 aromatic heterocycles. The van der Waals surface area contributed by atoms with Crippen LogP contribution < -0.4 is 0 Å². The highest BCUT2D eigenvalue weighted by Crippen LogP contribution is 2.08. The molecule has 0 saturated carbocycles. The van der Waals surface area contributed by atoms with Crippen molar-refractivity contribution >= 4 is 25.3 Å². The third-order valence-corrected chi connectivity index (χ3v) is 2.22. The molecule has 0 rings (SSSR count). The summed E-state index contributed by atoms with van der Waals surface area (Å²) in [5, 5.41) is 25.7. The van der Waals surface area contributed by atoms with Crippen molar-refractivity contribution in [1.29, 1.82) is 0 Å². The van der Waals surface area contributed by atoms with Crippen LogP contribution in [-0.2, 0) is 0 Å². The predicted octanol–water partition coefficient (Wildman–Crippen LogP) is -1.07. The zero-order chi connectivity index (χ0) is 8.15. The van der Waals surface area contributed by atoms with Gasteiger partial charge in [-0.25, -0.2) is 0 Å². The largest absolute Gasteiger partial charge is 0.394 e. The third kappa shape index (κ3) is 3.12. The maximum Gasteiger partial charge on any atom is 0.0911 e. The molecule has 3 N–H and O–H groups in total. The molecule has 3 unspecified atom stereocenters. The summed E-state index contributed by atoms with van der Waals surface area (Å²) >= 11 is 7.67. The minimum absolute atomic E-state index is 0.227. The highest BCUT2D eigenvalue weighted by molar-refractivity contribution is 7.81. The van der Waals surface area contributed by atoms with E-state index in [1.54, 1.807) is 0 Å². The topological polar surface area (TPSA) is 60.7 Å². The van der Waals surface area contributed by atoms with E-state index in [0.717, 1.165) is 0 Å². The molecule has 0 spiro atoms. The van der Waals surface area contributed by atoms with Gasteiger partial charge in [-0.3, -0.25) is 0 Å². The van der Waals surface area contributed by atoms with Crippen molar-refractivity contribution in [3.8, 4) is 0 Å². The number of rotatable bonds is 4. The smallest absolute Gasteiger partial charge is 0.0911 e. The summed E-state index contributed by atoms with van der Waals surface area (Å²) in [5.74, 6) is 0.227. The van der Waals surface area contributed by atoms with E-state index in [9.17, 15) is 0 Å². The average Bonchev–Trinajstić information content (AvgIpc) is 2.00. The first kappa shape index (κ1) is 10.6. The highest BCUT2D eigenvalue weighted by atomic mass is 32.1. The number of hydrogen-bond donors (Lipinski definition) is 5. The molecule has 0 saturated heterocycles. The van der Waals surface area contributed by atoms with Crippen molar-refractivity contribution in [2.24, 2.45) is 0 Å². The molecule has 0 aliphatic rings. The van der Waals surface area contributed by atoms with E-state index in [-0.39, 0.29) is 12.4 Å². The molecule has 3 nitrogen and oxygen atoms in total. The van der Waals surface area contributed by atoms with E-state index < -0.39 is 17.5 Å². The van der Waals surface area contributed by atoms with Gasteiger partial charge in [0.1, 0.15) is 0 Å². The van der Waals surface area contributed by atoms with Gasteiger partial charge >= 0.3 is 0 Å². The maximum atomic E-state index is 9.00. The van der Waals surface area contributed by atoms with Crippen LogP contribution in [0.2, 0.25) is 0 Å². The zero-order valence-electron chi connectivity index (χ0n) is 5.38. The number of hydrogen-bond acceptors (Lipinski definition) is 5. The first-order valence-corrected chi connectivity index (χ1v) is 4.04. The third-order valence-electron chi connectivity index (χ3n) is 1.16. The number of aliphatic hydroxyl groups excluding tert-OH is 3. The van der Waals surface area contributed by atoms with Crippen molar-refractivity contribution in [2.75, 3.05) is 12.4 Å². The fraction of sp³-hybridized carbons (Fsp3) is 1.00. The second-order valence-electron chi connectivity index (χ2n) is 1.99. The quantitative estimate of drug-likeness (QED) is 0.362. The Morgan fingerprint density at radius 1 is 1.20 bits per heavy atom. The molecule has 0 aromatic carbocycles. The van der Waals surface area contributed by atoms with Crippen molar-refractivity contribution < 1.29 is 15.3 Å². The van der Waals surface area contributed by atoms with Crippen LogP contribution in [0, 0.1) is 0 Å². The first-order chi connectivity index (χ1) is 4.63. The Labute approximate surface area is 70.9 Å². The molecule has 0 heterocycles. The van der Waals surface area contributed by atoms with Gasteiger partial charge in [0.2, 0.25) is 0 Å². The fourth-order valence-electron chi connectivity index (χ4n) is 0.472. The normalized spacial score (nSPS) is 20.1. The zero-order valence-corrected chi connectivity index (χ0v) is 7.17. The van der Waals surface area contributed by atoms with Gasteiger partial charge in [-0.05, 0) is 0 Å². The lowest BCUT2D eigenvalue weighted by Gasteiger charge is -2.19. The molecule has 0 amide bonds. The number of aliphatic hydroxyl groups is 3. The standard InChI is InChI=1S/C5H12O3S2/c6-1-3(7)5(10)4(8)2-9/h3-10H,1-2H2. The first-order valence-electron chi connectivity index (χ1n) is 2.89. The molecule has 62 valence electrons. The van der Waals surface area contributed by atoms with Gasteiger partial charge in [0.25, 0.3) is 0 Å². The van der Waals surface area contributed by atoms with Gasteiger partial charge in [0.15, 0.2) is 0 Å². The van der Waals surface area contributed by atoms with Crippen LogP contribution in [0.15, 0.2) is 0 Å². The van der Waals surface area contributed by atoms with Crippen molar-refractivity contribution in [3.05, 3.63) is 0 Å². The van der Waals surface area contributed by atoms with Crippen LogP contribution in [0.25, 0.3) is 0 Å². The molecule has 0 bridgehead atoms. The highest BCUT2D eigenvalue weighted by Gasteiger charge is 2.21. The molecular weight excluding hydrogens is 172 g/mol. The van der Waals surface area contributed by atoms with Crippen LogP contribution in [0.4, 0.5) is 0 Å². The SMILES string of the molecule is OCC(O)C(S)C(O)CS. The minimum Gasteiger partial charge on any atom is -0.394 e. The van der Waals surface area contributed by atoms with Gasteiger partial charge in [0, 0.05) is 5.75 Å². The summed E-state index contributed by atoms with van der Waals surface area (Å²) in [6, 6.07) is 0. The van der Waals surface area contributed by atoms with Crippen LogP contribution in [0.1, 0.15) is 0 Å². The van der Waals surface area contributed by atoms with Gasteiger partial charge in [-0.15, -0.1) is 0 Å². The lowest BCUT2D eigenvalue weighted by molar-refractivity contribution is 0.0567. The Kier molecular flexibility index (Phi) is 5.56. The van der Waals surface area contributed by atoms with E-state index in [0.29, 0.717) is 0 Å². The van der Waals surface area contributed by atoms with E-state index in [2.05, 4.69) is 25.3 Å². The van der Waals surface area contributed by atoms with Gasteiger partial charge < -0.3 is 15.3 Å². The molecule has 10 heavy (non-hydrogen) atoms. The average molecular weight is 184 g/mol. The van der Waals surface area contributed by atoms with Crippen molar-refractivity contribution in [2.45, 2.75) is 17.5 Å². The predicted molar refractivity (Wildman–Crippen MR) is 45.7 cm³/mol. The summed E-state index contributed by atoms with van der Waals surface area (Å²) in [5.41, 5.74) is 0. The monoisotopic (exact) mass is 184 g/mol. The van der Waals surface area contributed by atoms with Gasteiger partial charge in [-0.1, -0.05) is 0 Å². The molecule has 0 aliphatic heterocycles. The van der Waals surface area contributed by atoms with Gasteiger partial charge in [0.05, 0.1) is 24.1 Å². The lowest BCUT2D eigenvalue weighted by atomic mass is 10.2. The fourth-order valence-corrected chi connectivity index (χ4v) is 1.07. The summed E-state index contributed by atoms with van der Waals surface area (Å²) in [7, 11) is 0. The molecule has 0 radical (unpaired) electrons. The Bertz CT molecular complexity index is 81.0. The van der Waals surface area contributed by atoms with E-state index in [1.807, 2.05) is 0 Å². The Morgan fingerprint density at radius 3 is 2.00 bits per heavy atom. The van der Waals surface area contributed by atoms with E-state index in [4.69, 9.17) is 15.3 Å². The molecule has 0 aliphatic carbocycles. The summed E-state index contributed by atoms with van der Waals surface area (Å²) in [6.07, 6.45) is -1.76. The van der Waals surface area contributed by atoms with Gasteiger partial charge in [-0.2, -0.15) is 25.3 Å². The van der Waals surface area contributed by atoms with Crippen LogP contribution in [-0.4, -0.2) is 45.1 Å². The van der Waals surface area contributed by atoms with Crippen molar-refractivity contribution in [3.63, 3.8) is 0 Å². The molecule has 0 aromatic rings. The molecule has 5 heteroatoms. The maximum absolute atomic E-state index is 9.00. The Hall–Kier alpha value is 0.580. The minimum atomic E-state index is -0.981.